The van der Waals surface area contributed by atoms with E-state index >= 15 is 0 Å². The third-order valence-corrected chi connectivity index (χ3v) is 1.28. The first kappa shape index (κ1) is 7.59. The predicted molar refractivity (Wildman–Crippen MR) is 39.4 cm³/mol. The Morgan fingerprint density at radius 2 is 2.18 bits per heavy atom. The van der Waals surface area contributed by atoms with Gasteiger partial charge in [0.05, 0.1) is 0 Å². The van der Waals surface area contributed by atoms with E-state index in [-0.39, 0.29) is 17.0 Å². The minimum atomic E-state index is -0.385. The summed E-state index contributed by atoms with van der Waals surface area (Å²) in [5.74, 6) is -0.299. The zero-order valence-electron chi connectivity index (χ0n) is 6.34. The van der Waals surface area contributed by atoms with Crippen LogP contribution in [0.5, 0.6) is 0 Å². The lowest BCUT2D eigenvalue weighted by atomic mass is 10.3. The first-order valence-electron chi connectivity index (χ1n) is 3.10. The van der Waals surface area contributed by atoms with E-state index in [0.717, 1.165) is 0 Å². The van der Waals surface area contributed by atoms with Gasteiger partial charge in [0, 0.05) is 20.3 Å². The Balaban J connectivity index is 3.03. The van der Waals surface area contributed by atoms with Gasteiger partial charge in [-0.1, -0.05) is 0 Å². The number of amides is 1. The van der Waals surface area contributed by atoms with Gasteiger partial charge in [-0.05, 0) is 0 Å². The van der Waals surface area contributed by atoms with Gasteiger partial charge in [-0.2, -0.15) is 0 Å². The van der Waals surface area contributed by atoms with Crippen molar-refractivity contribution in [3.05, 3.63) is 22.1 Å². The molecule has 5 heteroatoms. The molecule has 1 rings (SSSR count). The van der Waals surface area contributed by atoms with Crippen LogP contribution in [0.4, 0.5) is 0 Å². The summed E-state index contributed by atoms with van der Waals surface area (Å²) in [6, 6.07) is 0. The van der Waals surface area contributed by atoms with Crippen LogP contribution in [0.1, 0.15) is 10.4 Å². The van der Waals surface area contributed by atoms with E-state index in [1.54, 1.807) is 14.1 Å². The molecule has 0 aliphatic rings. The molecule has 0 aromatic carbocycles. The van der Waals surface area contributed by atoms with Crippen LogP contribution in [0.2, 0.25) is 0 Å². The van der Waals surface area contributed by atoms with Crippen molar-refractivity contribution < 1.29 is 4.79 Å². The third-order valence-electron chi connectivity index (χ3n) is 1.28. The molecule has 0 aliphatic heterocycles. The smallest absolute Gasteiger partial charge is 0.276 e. The molecule has 2 N–H and O–H groups in total. The molecular formula is C6H9N3O2. The van der Waals surface area contributed by atoms with E-state index in [0.29, 0.717) is 0 Å². The van der Waals surface area contributed by atoms with Crippen molar-refractivity contribution in [3.8, 4) is 0 Å². The SMILES string of the molecule is CN(C)C(=O)c1c[nH][nH]c1=O. The molecule has 0 radical (unpaired) electrons. The summed E-state index contributed by atoms with van der Waals surface area (Å²) >= 11 is 0. The standard InChI is InChI=1S/C6H9N3O2/c1-9(2)6(11)4-3-7-8-5(4)10/h3H,1-2H3,(H2,7,8,10). The lowest BCUT2D eigenvalue weighted by Gasteiger charge is -2.06. The molecule has 1 amide bonds. The number of carbonyl (C=O) groups is 1. The topological polar surface area (TPSA) is 69.0 Å². The Hall–Kier alpha value is -1.52. The number of nitrogens with zero attached hydrogens (tertiary/aromatic N) is 1. The largest absolute Gasteiger partial charge is 0.345 e. The van der Waals surface area contributed by atoms with Crippen LogP contribution in [-0.2, 0) is 0 Å². The van der Waals surface area contributed by atoms with Gasteiger partial charge in [-0.15, -0.1) is 0 Å². The van der Waals surface area contributed by atoms with Crippen molar-refractivity contribution in [3.63, 3.8) is 0 Å². The molecule has 1 aromatic rings. The summed E-state index contributed by atoms with van der Waals surface area (Å²) in [6.45, 7) is 0. The highest BCUT2D eigenvalue weighted by Crippen LogP contribution is 1.90. The first-order valence-corrected chi connectivity index (χ1v) is 3.10. The Morgan fingerprint density at radius 1 is 1.55 bits per heavy atom. The van der Waals surface area contributed by atoms with Crippen molar-refractivity contribution in [1.82, 2.24) is 15.1 Å². The van der Waals surface area contributed by atoms with Gasteiger partial charge in [0.25, 0.3) is 11.5 Å². The number of nitrogens with one attached hydrogen (secondary N) is 2. The highest BCUT2D eigenvalue weighted by molar-refractivity contribution is 5.93. The molecule has 1 heterocycles. The second-order valence-electron chi connectivity index (χ2n) is 2.36. The van der Waals surface area contributed by atoms with Gasteiger partial charge < -0.3 is 10.00 Å². The van der Waals surface area contributed by atoms with Crippen LogP contribution in [-0.4, -0.2) is 35.1 Å². The zero-order chi connectivity index (χ0) is 8.43. The van der Waals surface area contributed by atoms with Crippen LogP contribution in [0, 0.1) is 0 Å². The van der Waals surface area contributed by atoms with Gasteiger partial charge in [-0.25, -0.2) is 0 Å². The molecule has 0 aliphatic carbocycles. The number of aromatic amines is 2. The maximum Gasteiger partial charge on any atom is 0.276 e. The predicted octanol–water partition coefficient (Wildman–Crippen LogP) is -0.595. The summed E-state index contributed by atoms with van der Waals surface area (Å²) in [5, 5.41) is 4.73. The molecular weight excluding hydrogens is 146 g/mol. The molecule has 0 saturated carbocycles. The highest BCUT2D eigenvalue weighted by Gasteiger charge is 2.11. The summed E-state index contributed by atoms with van der Waals surface area (Å²) in [6.07, 6.45) is 1.35. The molecule has 11 heavy (non-hydrogen) atoms. The van der Waals surface area contributed by atoms with E-state index in [1.807, 2.05) is 0 Å². The quantitative estimate of drug-likeness (QED) is 0.568. The van der Waals surface area contributed by atoms with E-state index in [9.17, 15) is 9.59 Å². The van der Waals surface area contributed by atoms with Crippen molar-refractivity contribution >= 4 is 5.91 Å². The van der Waals surface area contributed by atoms with Gasteiger partial charge in [0.15, 0.2) is 0 Å². The zero-order valence-corrected chi connectivity index (χ0v) is 6.34. The first-order chi connectivity index (χ1) is 5.13. The van der Waals surface area contributed by atoms with E-state index in [1.165, 1.54) is 11.1 Å². The Labute approximate surface area is 63.0 Å². The molecule has 0 bridgehead atoms. The molecule has 60 valence electrons. The average molecular weight is 155 g/mol. The molecule has 0 atom stereocenters. The van der Waals surface area contributed by atoms with E-state index in [2.05, 4.69) is 10.2 Å². The van der Waals surface area contributed by atoms with Crippen LogP contribution in [0.15, 0.2) is 11.0 Å². The summed E-state index contributed by atoms with van der Waals surface area (Å²) in [4.78, 5) is 23.3. The number of hydrogen-bond acceptors (Lipinski definition) is 2. The molecule has 0 unspecified atom stereocenters. The fourth-order valence-electron chi connectivity index (χ4n) is 0.706. The Morgan fingerprint density at radius 3 is 2.55 bits per heavy atom. The van der Waals surface area contributed by atoms with Crippen molar-refractivity contribution in [2.45, 2.75) is 0 Å². The average Bonchev–Trinajstić information content (AvgIpc) is 2.33. The summed E-state index contributed by atoms with van der Waals surface area (Å²) in [5.41, 5.74) is -0.251. The fraction of sp³-hybridized carbons (Fsp3) is 0.333. The summed E-state index contributed by atoms with van der Waals surface area (Å²) < 4.78 is 0. The van der Waals surface area contributed by atoms with Crippen LogP contribution in [0.3, 0.4) is 0 Å². The maximum absolute atomic E-state index is 11.1. The lowest BCUT2D eigenvalue weighted by molar-refractivity contribution is 0.0826. The van der Waals surface area contributed by atoms with Gasteiger partial charge in [-0.3, -0.25) is 14.7 Å². The van der Waals surface area contributed by atoms with E-state index < -0.39 is 0 Å². The second kappa shape index (κ2) is 2.61. The van der Waals surface area contributed by atoms with Gasteiger partial charge in [0.1, 0.15) is 5.56 Å². The number of rotatable bonds is 1. The number of carbonyl (C=O) groups excluding carboxylic acids is 1. The second-order valence-corrected chi connectivity index (χ2v) is 2.36. The number of hydrogen-bond donors (Lipinski definition) is 2. The van der Waals surface area contributed by atoms with Gasteiger partial charge >= 0.3 is 0 Å². The van der Waals surface area contributed by atoms with Crippen molar-refractivity contribution in [1.29, 1.82) is 0 Å². The Kier molecular flexibility index (Phi) is 1.80. The Bertz CT molecular complexity index is 310. The van der Waals surface area contributed by atoms with Crippen LogP contribution < -0.4 is 5.56 Å². The third kappa shape index (κ3) is 1.31. The van der Waals surface area contributed by atoms with Crippen LogP contribution in [0.25, 0.3) is 0 Å². The van der Waals surface area contributed by atoms with Crippen LogP contribution >= 0.6 is 0 Å². The van der Waals surface area contributed by atoms with Crippen molar-refractivity contribution in [2.24, 2.45) is 0 Å². The fourth-order valence-corrected chi connectivity index (χ4v) is 0.706. The van der Waals surface area contributed by atoms with E-state index in [4.69, 9.17) is 0 Å². The number of H-pyrrole nitrogens is 2. The molecule has 0 saturated heterocycles. The highest BCUT2D eigenvalue weighted by atomic mass is 16.2. The summed E-state index contributed by atoms with van der Waals surface area (Å²) in [7, 11) is 3.18. The lowest BCUT2D eigenvalue weighted by Crippen LogP contribution is -2.26. The molecule has 0 fully saturated rings. The minimum absolute atomic E-state index is 0.134. The number of aromatic nitrogens is 2. The maximum atomic E-state index is 11.1. The molecule has 0 spiro atoms. The molecule has 1 aromatic heterocycles. The normalized spacial score (nSPS) is 9.64. The van der Waals surface area contributed by atoms with Gasteiger partial charge in [0.2, 0.25) is 0 Å². The van der Waals surface area contributed by atoms with Crippen molar-refractivity contribution in [2.75, 3.05) is 14.1 Å². The minimum Gasteiger partial charge on any atom is -0.345 e. The molecule has 5 nitrogen and oxygen atoms in total. The monoisotopic (exact) mass is 155 g/mol.